The van der Waals surface area contributed by atoms with Gasteiger partial charge in [0.1, 0.15) is 0 Å². The summed E-state index contributed by atoms with van der Waals surface area (Å²) < 4.78 is 0. The van der Waals surface area contributed by atoms with E-state index in [1.54, 1.807) is 6.92 Å². The van der Waals surface area contributed by atoms with Crippen molar-refractivity contribution in [3.63, 3.8) is 0 Å². The fourth-order valence-corrected chi connectivity index (χ4v) is 1.53. The van der Waals surface area contributed by atoms with Crippen LogP contribution in [0.15, 0.2) is 54.6 Å². The van der Waals surface area contributed by atoms with Gasteiger partial charge in [0.25, 0.3) is 0 Å². The highest BCUT2D eigenvalue weighted by Gasteiger charge is 1.99. The van der Waals surface area contributed by atoms with Crippen LogP contribution < -0.4 is 0 Å². The van der Waals surface area contributed by atoms with Crippen molar-refractivity contribution in [1.82, 2.24) is 0 Å². The summed E-state index contributed by atoms with van der Waals surface area (Å²) in [7, 11) is 0. The van der Waals surface area contributed by atoms with E-state index < -0.39 is 0 Å². The maximum atomic E-state index is 11.1. The molecule has 0 fully saturated rings. The second-order valence-electron chi connectivity index (χ2n) is 3.50. The Morgan fingerprint density at radius 3 is 1.53 bits per heavy atom. The lowest BCUT2D eigenvalue weighted by Crippen LogP contribution is -1.90. The molecule has 0 aliphatic rings. The van der Waals surface area contributed by atoms with Crippen LogP contribution in [-0.4, -0.2) is 5.78 Å². The monoisotopic (exact) mass is 256 g/mol. The molecule has 0 bridgehead atoms. The summed E-state index contributed by atoms with van der Waals surface area (Å²) >= 11 is 0. The van der Waals surface area contributed by atoms with E-state index in [1.807, 2.05) is 70.2 Å². The smallest absolute Gasteiger partial charge is 0.159 e. The lowest BCUT2D eigenvalue weighted by atomic mass is 10.0. The number of hydrogen-bond donors (Lipinski definition) is 0. The van der Waals surface area contributed by atoms with Crippen molar-refractivity contribution in [2.24, 2.45) is 0 Å². The summed E-state index contributed by atoms with van der Waals surface area (Å²) in [6, 6.07) is 17.8. The zero-order valence-electron chi connectivity index (χ0n) is 12.6. The van der Waals surface area contributed by atoms with Gasteiger partial charge in [-0.1, -0.05) is 82.3 Å². The molecule has 0 unspecified atom stereocenters. The molecule has 0 saturated heterocycles. The van der Waals surface area contributed by atoms with E-state index in [-0.39, 0.29) is 5.78 Å². The maximum Gasteiger partial charge on any atom is 0.159 e. The molecule has 102 valence electrons. The minimum absolute atomic E-state index is 0.106. The van der Waals surface area contributed by atoms with Crippen LogP contribution in [0.3, 0.4) is 0 Å². The lowest BCUT2D eigenvalue weighted by Gasteiger charge is -2.01. The average Bonchev–Trinajstić information content (AvgIpc) is 2.52. The van der Waals surface area contributed by atoms with Crippen molar-refractivity contribution in [3.05, 3.63) is 60.2 Å². The zero-order valence-corrected chi connectivity index (χ0v) is 12.6. The highest BCUT2D eigenvalue weighted by Crippen LogP contribution is 2.19. The number of benzene rings is 2. The summed E-state index contributed by atoms with van der Waals surface area (Å²) in [4.78, 5) is 11.1. The van der Waals surface area contributed by atoms with Gasteiger partial charge in [-0.15, -0.1) is 0 Å². The molecule has 0 amide bonds. The standard InChI is InChI=1S/C14H12O.2C2H6/c1-11(15)12-7-9-14(10-8-12)13-5-3-2-4-6-13;2*1-2/h2-10H,1H3;2*1-2H3. The first-order chi connectivity index (χ1) is 9.27. The largest absolute Gasteiger partial charge is 0.295 e. The van der Waals surface area contributed by atoms with Crippen molar-refractivity contribution in [2.75, 3.05) is 0 Å². The Morgan fingerprint density at radius 1 is 0.684 bits per heavy atom. The molecule has 0 spiro atoms. The van der Waals surface area contributed by atoms with Gasteiger partial charge in [0.05, 0.1) is 0 Å². The molecule has 0 aliphatic carbocycles. The summed E-state index contributed by atoms with van der Waals surface area (Å²) in [5.74, 6) is 0.106. The Labute approximate surface area is 117 Å². The van der Waals surface area contributed by atoms with E-state index in [2.05, 4.69) is 12.1 Å². The molecule has 2 aromatic rings. The Bertz CT molecular complexity index is 455. The molecule has 2 aromatic carbocycles. The van der Waals surface area contributed by atoms with E-state index in [0.717, 1.165) is 11.1 Å². The van der Waals surface area contributed by atoms with Crippen LogP contribution in [0.2, 0.25) is 0 Å². The van der Waals surface area contributed by atoms with E-state index in [4.69, 9.17) is 0 Å². The fraction of sp³-hybridized carbons (Fsp3) is 0.278. The number of Topliss-reactive ketones (excluding diaryl/α,β-unsaturated/α-hetero) is 1. The molecule has 2 rings (SSSR count). The molecule has 0 heterocycles. The number of ketones is 1. The number of carbonyl (C=O) groups excluding carboxylic acids is 1. The predicted molar refractivity (Wildman–Crippen MR) is 84.6 cm³/mol. The van der Waals surface area contributed by atoms with E-state index in [0.29, 0.717) is 0 Å². The normalized spacial score (nSPS) is 8.47. The molecule has 0 radical (unpaired) electrons. The third-order valence-electron chi connectivity index (χ3n) is 2.40. The van der Waals surface area contributed by atoms with Gasteiger partial charge >= 0.3 is 0 Å². The van der Waals surface area contributed by atoms with Crippen molar-refractivity contribution in [2.45, 2.75) is 34.6 Å². The Kier molecular flexibility index (Phi) is 9.07. The van der Waals surface area contributed by atoms with Crippen molar-refractivity contribution in [3.8, 4) is 11.1 Å². The van der Waals surface area contributed by atoms with Crippen LogP contribution >= 0.6 is 0 Å². The first kappa shape index (κ1) is 17.1. The summed E-state index contributed by atoms with van der Waals surface area (Å²) in [6.45, 7) is 9.58. The van der Waals surface area contributed by atoms with E-state index in [9.17, 15) is 4.79 Å². The van der Waals surface area contributed by atoms with E-state index in [1.165, 1.54) is 5.56 Å². The van der Waals surface area contributed by atoms with Crippen LogP contribution in [-0.2, 0) is 0 Å². The first-order valence-electron chi connectivity index (χ1n) is 6.94. The Morgan fingerprint density at radius 2 is 1.11 bits per heavy atom. The average molecular weight is 256 g/mol. The third-order valence-corrected chi connectivity index (χ3v) is 2.40. The molecule has 0 atom stereocenters. The third kappa shape index (κ3) is 5.52. The second-order valence-corrected chi connectivity index (χ2v) is 3.50. The van der Waals surface area contributed by atoms with Crippen LogP contribution in [0.4, 0.5) is 0 Å². The summed E-state index contributed by atoms with van der Waals surface area (Å²) in [6.07, 6.45) is 0. The summed E-state index contributed by atoms with van der Waals surface area (Å²) in [5, 5.41) is 0. The maximum absolute atomic E-state index is 11.1. The van der Waals surface area contributed by atoms with Gasteiger partial charge in [0.15, 0.2) is 5.78 Å². The van der Waals surface area contributed by atoms with Crippen LogP contribution in [0, 0.1) is 0 Å². The van der Waals surface area contributed by atoms with Crippen molar-refractivity contribution in [1.29, 1.82) is 0 Å². The SMILES string of the molecule is CC.CC.CC(=O)c1ccc(-c2ccccc2)cc1. The lowest BCUT2D eigenvalue weighted by molar-refractivity contribution is 0.101. The Balaban J connectivity index is 0.000000741. The predicted octanol–water partition coefficient (Wildman–Crippen LogP) is 5.61. The highest BCUT2D eigenvalue weighted by atomic mass is 16.1. The van der Waals surface area contributed by atoms with Gasteiger partial charge in [-0.05, 0) is 18.1 Å². The van der Waals surface area contributed by atoms with Crippen LogP contribution in [0.1, 0.15) is 45.0 Å². The number of rotatable bonds is 2. The minimum atomic E-state index is 0.106. The molecule has 1 nitrogen and oxygen atoms in total. The first-order valence-corrected chi connectivity index (χ1v) is 6.94. The molecule has 0 N–H and O–H groups in total. The second kappa shape index (κ2) is 10.1. The quantitative estimate of drug-likeness (QED) is 0.638. The topological polar surface area (TPSA) is 17.1 Å². The fourth-order valence-electron chi connectivity index (χ4n) is 1.53. The molecule has 0 aliphatic heterocycles. The van der Waals surface area contributed by atoms with Gasteiger partial charge in [-0.2, -0.15) is 0 Å². The Hall–Kier alpha value is -1.89. The van der Waals surface area contributed by atoms with Crippen molar-refractivity contribution >= 4 is 5.78 Å². The number of carbonyl (C=O) groups is 1. The minimum Gasteiger partial charge on any atom is -0.295 e. The molecular weight excluding hydrogens is 232 g/mol. The van der Waals surface area contributed by atoms with Gasteiger partial charge in [0, 0.05) is 5.56 Å². The zero-order chi connectivity index (χ0) is 14.7. The molecule has 1 heteroatoms. The van der Waals surface area contributed by atoms with Crippen LogP contribution in [0.25, 0.3) is 11.1 Å². The van der Waals surface area contributed by atoms with Gasteiger partial charge in [-0.25, -0.2) is 0 Å². The van der Waals surface area contributed by atoms with Crippen molar-refractivity contribution < 1.29 is 4.79 Å². The molecule has 19 heavy (non-hydrogen) atoms. The number of hydrogen-bond acceptors (Lipinski definition) is 1. The van der Waals surface area contributed by atoms with Gasteiger partial charge in [-0.3, -0.25) is 4.79 Å². The molecule has 0 aromatic heterocycles. The van der Waals surface area contributed by atoms with E-state index >= 15 is 0 Å². The highest BCUT2D eigenvalue weighted by molar-refractivity contribution is 5.94. The molecular formula is C18H24O. The van der Waals surface area contributed by atoms with Gasteiger partial charge < -0.3 is 0 Å². The molecule has 0 saturated carbocycles. The van der Waals surface area contributed by atoms with Crippen LogP contribution in [0.5, 0.6) is 0 Å². The summed E-state index contributed by atoms with van der Waals surface area (Å²) in [5.41, 5.74) is 3.07. The van der Waals surface area contributed by atoms with Gasteiger partial charge in [0.2, 0.25) is 0 Å².